The predicted octanol–water partition coefficient (Wildman–Crippen LogP) is 5.99. The number of hydrogen-bond donors (Lipinski definition) is 3. The fraction of sp³-hybridized carbons (Fsp3) is 0.318. The first-order chi connectivity index (χ1) is 26.4. The first-order valence-corrected chi connectivity index (χ1v) is 18.7. The van der Waals surface area contributed by atoms with Gasteiger partial charge in [0.15, 0.2) is 0 Å². The zero-order valence-electron chi connectivity index (χ0n) is 30.1. The number of alkyl carbamates (subject to hydrolysis) is 1. The van der Waals surface area contributed by atoms with Crippen molar-refractivity contribution in [1.82, 2.24) is 15.5 Å². The van der Waals surface area contributed by atoms with Crippen LogP contribution in [0.3, 0.4) is 0 Å². The lowest BCUT2D eigenvalue weighted by Crippen LogP contribution is -2.47. The Morgan fingerprint density at radius 1 is 0.852 bits per heavy atom. The minimum absolute atomic E-state index is 0.0307. The topological polar surface area (TPSA) is 134 Å². The Hall–Kier alpha value is -5.74. The van der Waals surface area contributed by atoms with Crippen LogP contribution in [0.4, 0.5) is 4.79 Å². The van der Waals surface area contributed by atoms with Crippen LogP contribution in [-0.4, -0.2) is 65.7 Å². The molecule has 3 aliphatic rings. The Morgan fingerprint density at radius 3 is 2.24 bits per heavy atom. The van der Waals surface area contributed by atoms with Gasteiger partial charge in [-0.2, -0.15) is 0 Å². The molecule has 3 amide bonds. The highest BCUT2D eigenvalue weighted by molar-refractivity contribution is 5.86. The Labute approximate surface area is 315 Å². The summed E-state index contributed by atoms with van der Waals surface area (Å²) in [6.45, 7) is 0.265. The highest BCUT2D eigenvalue weighted by Gasteiger charge is 2.34. The van der Waals surface area contributed by atoms with Gasteiger partial charge in [-0.1, -0.05) is 115 Å². The van der Waals surface area contributed by atoms with Crippen molar-refractivity contribution in [2.45, 2.75) is 62.8 Å². The smallest absolute Gasteiger partial charge is 0.407 e. The summed E-state index contributed by atoms with van der Waals surface area (Å²) < 4.78 is 11.8. The van der Waals surface area contributed by atoms with Gasteiger partial charge in [0.25, 0.3) is 0 Å². The minimum atomic E-state index is -1.01. The average Bonchev–Trinajstić information content (AvgIpc) is 3.53. The molecule has 0 saturated carbocycles. The van der Waals surface area contributed by atoms with Gasteiger partial charge in [0.2, 0.25) is 11.8 Å². The summed E-state index contributed by atoms with van der Waals surface area (Å²) in [6.07, 6.45) is 3.55. The summed E-state index contributed by atoms with van der Waals surface area (Å²) in [5.41, 5.74) is 7.21. The normalized spacial score (nSPS) is 21.5. The van der Waals surface area contributed by atoms with E-state index in [1.54, 1.807) is 4.90 Å². The summed E-state index contributed by atoms with van der Waals surface area (Å²) in [5.74, 6) is -2.01. The third-order valence-corrected chi connectivity index (χ3v) is 10.7. The van der Waals surface area contributed by atoms with E-state index in [-0.39, 0.29) is 56.4 Å². The number of amides is 3. The molecule has 7 rings (SSSR count). The van der Waals surface area contributed by atoms with Crippen LogP contribution in [0.25, 0.3) is 11.1 Å². The highest BCUT2D eigenvalue weighted by Crippen LogP contribution is 2.44. The van der Waals surface area contributed by atoms with Crippen LogP contribution in [0.5, 0.6) is 0 Å². The fourth-order valence-corrected chi connectivity index (χ4v) is 7.78. The quantitative estimate of drug-likeness (QED) is 0.157. The zero-order chi connectivity index (χ0) is 37.4. The van der Waals surface area contributed by atoms with Crippen LogP contribution in [0, 0.1) is 5.92 Å². The Balaban J connectivity index is 1.04. The largest absolute Gasteiger partial charge is 0.454 e. The molecule has 0 aromatic heterocycles. The molecule has 2 aliphatic heterocycles. The monoisotopic (exact) mass is 727 g/mol. The molecule has 278 valence electrons. The lowest BCUT2D eigenvalue weighted by molar-refractivity contribution is -0.152. The summed E-state index contributed by atoms with van der Waals surface area (Å²) in [6, 6.07) is 31.7. The average molecular weight is 728 g/mol. The summed E-state index contributed by atoms with van der Waals surface area (Å²) in [7, 11) is 0. The second-order valence-corrected chi connectivity index (χ2v) is 14.1. The van der Waals surface area contributed by atoms with Crippen LogP contribution in [0.1, 0.15) is 65.5 Å². The van der Waals surface area contributed by atoms with Gasteiger partial charge in [0.05, 0.1) is 25.1 Å². The second-order valence-electron chi connectivity index (χ2n) is 14.1. The van der Waals surface area contributed by atoms with Crippen molar-refractivity contribution in [2.24, 2.45) is 5.92 Å². The fourth-order valence-electron chi connectivity index (χ4n) is 7.78. The van der Waals surface area contributed by atoms with Crippen molar-refractivity contribution < 1.29 is 33.8 Å². The number of aliphatic hydroxyl groups is 1. The first-order valence-electron chi connectivity index (χ1n) is 18.7. The van der Waals surface area contributed by atoms with Gasteiger partial charge in [0, 0.05) is 18.9 Å². The summed E-state index contributed by atoms with van der Waals surface area (Å²) >= 11 is 0. The number of rotatable bonds is 7. The number of esters is 1. The molecule has 0 bridgehead atoms. The number of aliphatic hydroxyl groups excluding tert-OH is 1. The molecule has 4 aromatic carbocycles. The van der Waals surface area contributed by atoms with Crippen LogP contribution in [-0.2, 0) is 36.8 Å². The number of allylic oxidation sites excluding steroid dienone is 2. The maximum Gasteiger partial charge on any atom is 0.407 e. The van der Waals surface area contributed by atoms with E-state index >= 15 is 0 Å². The Kier molecular flexibility index (Phi) is 11.5. The van der Waals surface area contributed by atoms with Crippen LogP contribution < -0.4 is 10.6 Å². The standard InChI is InChI=1S/C44H45N3O7/c48-27-33-23-30-15-7-8-17-32(30)26-47(33)41(49)24-31-16-5-2-6-22-39(43(51)54-40(25-45-42(31)50)29-13-3-1-4-14-29)46-44(52)53-28-38-36-20-11-9-18-34(36)35-19-10-12-21-37(35)38/h1-5,7-15,17-21,31,33,38-40,48H,6,16,22-28H2,(H,45,50)(H,46,52). The van der Waals surface area contributed by atoms with Crippen molar-refractivity contribution in [2.75, 3.05) is 19.8 Å². The van der Waals surface area contributed by atoms with E-state index in [1.807, 2.05) is 103 Å². The maximum absolute atomic E-state index is 13.7. The molecule has 4 aromatic rings. The van der Waals surface area contributed by atoms with Gasteiger partial charge >= 0.3 is 12.1 Å². The van der Waals surface area contributed by atoms with E-state index in [4.69, 9.17) is 9.47 Å². The lowest BCUT2D eigenvalue weighted by Gasteiger charge is -2.36. The van der Waals surface area contributed by atoms with E-state index in [1.165, 1.54) is 0 Å². The van der Waals surface area contributed by atoms with Crippen molar-refractivity contribution in [1.29, 1.82) is 0 Å². The molecule has 0 spiro atoms. The van der Waals surface area contributed by atoms with Crippen molar-refractivity contribution in [3.8, 4) is 11.1 Å². The number of carbonyl (C=O) groups excluding carboxylic acids is 4. The van der Waals surface area contributed by atoms with Crippen molar-refractivity contribution in [3.05, 3.63) is 143 Å². The van der Waals surface area contributed by atoms with Crippen LogP contribution >= 0.6 is 0 Å². The summed E-state index contributed by atoms with van der Waals surface area (Å²) in [4.78, 5) is 56.1. The molecule has 10 heteroatoms. The van der Waals surface area contributed by atoms with Crippen molar-refractivity contribution in [3.63, 3.8) is 0 Å². The Bertz CT molecular complexity index is 1970. The number of nitrogens with zero attached hydrogens (tertiary/aromatic N) is 1. The third kappa shape index (κ3) is 8.24. The molecule has 0 fully saturated rings. The van der Waals surface area contributed by atoms with Gasteiger partial charge in [-0.05, 0) is 64.6 Å². The Morgan fingerprint density at radius 2 is 1.52 bits per heavy atom. The van der Waals surface area contributed by atoms with Gasteiger partial charge < -0.3 is 30.1 Å². The van der Waals surface area contributed by atoms with Crippen molar-refractivity contribution >= 4 is 23.9 Å². The molecule has 1 aliphatic carbocycles. The number of nitrogens with one attached hydrogen (secondary N) is 2. The number of fused-ring (bicyclic) bond motifs is 4. The molecule has 54 heavy (non-hydrogen) atoms. The van der Waals surface area contributed by atoms with E-state index in [0.717, 1.165) is 33.4 Å². The van der Waals surface area contributed by atoms with Crippen LogP contribution in [0.2, 0.25) is 0 Å². The van der Waals surface area contributed by atoms with Gasteiger partial charge in [0.1, 0.15) is 18.8 Å². The molecule has 3 N–H and O–H groups in total. The zero-order valence-corrected chi connectivity index (χ0v) is 30.1. The molecular formula is C44H45N3O7. The van der Waals surface area contributed by atoms with E-state index < -0.39 is 30.1 Å². The SMILES string of the molecule is O=C(NC1CCC=CCC(CC(=O)N2Cc3ccccc3CC2CO)C(=O)NCC(c2ccccc2)OC1=O)OCC1c2ccccc2-c2ccccc21. The number of benzene rings is 4. The number of carbonyl (C=O) groups is 4. The molecular weight excluding hydrogens is 682 g/mol. The maximum atomic E-state index is 13.7. The molecule has 4 atom stereocenters. The molecule has 2 heterocycles. The number of cyclic esters (lactones) is 1. The van der Waals surface area contributed by atoms with E-state index in [2.05, 4.69) is 22.8 Å². The van der Waals surface area contributed by atoms with Crippen LogP contribution in [0.15, 0.2) is 115 Å². The number of hydrogen-bond acceptors (Lipinski definition) is 7. The molecule has 4 unspecified atom stereocenters. The van der Waals surface area contributed by atoms with Gasteiger partial charge in [-0.3, -0.25) is 9.59 Å². The highest BCUT2D eigenvalue weighted by atomic mass is 16.6. The summed E-state index contributed by atoms with van der Waals surface area (Å²) in [5, 5.41) is 15.8. The molecule has 10 nitrogen and oxygen atoms in total. The van der Waals surface area contributed by atoms with E-state index in [9.17, 15) is 24.3 Å². The third-order valence-electron chi connectivity index (χ3n) is 10.7. The van der Waals surface area contributed by atoms with Gasteiger partial charge in [-0.25, -0.2) is 9.59 Å². The number of ether oxygens (including phenoxy) is 2. The van der Waals surface area contributed by atoms with Gasteiger partial charge in [-0.15, -0.1) is 0 Å². The lowest BCUT2D eigenvalue weighted by atomic mass is 9.92. The molecule has 0 radical (unpaired) electrons. The first kappa shape index (κ1) is 36.6. The predicted molar refractivity (Wildman–Crippen MR) is 203 cm³/mol. The van der Waals surface area contributed by atoms with E-state index in [0.29, 0.717) is 31.4 Å². The minimum Gasteiger partial charge on any atom is -0.454 e. The molecule has 0 saturated heterocycles. The second kappa shape index (κ2) is 16.9.